The van der Waals surface area contributed by atoms with Crippen LogP contribution in [0.15, 0.2) is 122 Å². The minimum atomic E-state index is -4.04. The van der Waals surface area contributed by atoms with E-state index in [1.54, 1.807) is 6.33 Å². The number of nitrogens with one attached hydrogen (secondary N) is 1. The molecule has 6 rings (SSSR count). The second-order valence-electron chi connectivity index (χ2n) is 15.6. The zero-order valence-electron chi connectivity index (χ0n) is 39.2. The number of aliphatic carboxylic acids is 4. The van der Waals surface area contributed by atoms with Crippen LogP contribution in [0.1, 0.15) is 53.4 Å². The number of benzene rings is 4. The van der Waals surface area contributed by atoms with Crippen molar-refractivity contribution in [3.05, 3.63) is 150 Å². The quantitative estimate of drug-likeness (QED) is 0.0397. The van der Waals surface area contributed by atoms with Crippen molar-refractivity contribution in [2.24, 2.45) is 5.92 Å². The lowest BCUT2D eigenvalue weighted by Crippen LogP contribution is -2.71. The van der Waals surface area contributed by atoms with Gasteiger partial charge in [-0.15, -0.1) is 0 Å². The van der Waals surface area contributed by atoms with Crippen LogP contribution in [-0.2, 0) is 19.2 Å². The van der Waals surface area contributed by atoms with E-state index in [1.807, 2.05) is 12.4 Å². The number of hydrogen-bond acceptors (Lipinski definition) is 19. The van der Waals surface area contributed by atoms with Gasteiger partial charge in [0.2, 0.25) is 23.1 Å². The smallest absolute Gasteiger partial charge is 0.348 e. The standard InChI is InChI=1S/2C20H18O10.C10H13N3/c2*1-29-13-7-3-11(4-8-13)15(21)19(27,17(23)24)20(28,18(25)26)16(22)12-5-9-14(30-2)10-6-12;1(9-3-4-11-5-9)2-10-6-12-8-13-7-10/h2*3-10,27-28H,1-2H3,(H,23,24)(H,25,26);1-2,6-9,11H,3-5H2/b;;2-1+/t2*19-,20-;9-/m110/s1. The van der Waals surface area contributed by atoms with Gasteiger partial charge in [-0.05, 0) is 116 Å². The Morgan fingerprint density at radius 2 is 0.740 bits per heavy atom. The molecule has 4 aromatic carbocycles. The van der Waals surface area contributed by atoms with E-state index >= 15 is 0 Å². The number of carbonyl (C=O) groups is 8. The van der Waals surface area contributed by atoms with E-state index in [2.05, 4.69) is 27.4 Å². The topological polar surface area (TPSA) is 373 Å². The molecule has 0 unspecified atom stereocenters. The molecule has 384 valence electrons. The number of ether oxygens (including phenoxy) is 4. The maximum Gasteiger partial charge on any atom is 0.348 e. The van der Waals surface area contributed by atoms with Crippen LogP contribution in [0.3, 0.4) is 0 Å². The normalized spacial score (nSPS) is 16.1. The first-order valence-electron chi connectivity index (χ1n) is 21.2. The SMILES string of the molecule is C(=C\[C@H]1CCNC1)/c1cncnc1.COc1ccc(C(=O)[C@@](O)(C(=O)O)[C@](O)(C(=O)O)C(=O)c2ccc(OC)cc2)cc1.COc1ccc(C(=O)[C@@](O)(C(=O)O)[C@](O)(C(=O)O)C(=O)c2ccc(OC)cc2)cc1. The van der Waals surface area contributed by atoms with Gasteiger partial charge in [0.05, 0.1) is 28.4 Å². The average Bonchev–Trinajstić information content (AvgIpc) is 3.95. The van der Waals surface area contributed by atoms with Gasteiger partial charge in [0.25, 0.3) is 22.4 Å². The molecule has 0 spiro atoms. The number of methoxy groups -OCH3 is 4. The largest absolute Gasteiger partial charge is 0.497 e. The van der Waals surface area contributed by atoms with Gasteiger partial charge in [0.1, 0.15) is 29.3 Å². The monoisotopic (exact) mass is 1010 g/mol. The van der Waals surface area contributed by atoms with Crippen molar-refractivity contribution in [1.29, 1.82) is 0 Å². The summed E-state index contributed by atoms with van der Waals surface area (Å²) in [6.45, 7) is 2.24. The van der Waals surface area contributed by atoms with Gasteiger partial charge < -0.3 is 65.1 Å². The van der Waals surface area contributed by atoms with Gasteiger partial charge in [0.15, 0.2) is 0 Å². The third-order valence-electron chi connectivity index (χ3n) is 11.2. The fourth-order valence-corrected chi connectivity index (χ4v) is 6.95. The first kappa shape index (κ1) is 56.8. The van der Waals surface area contributed by atoms with Crippen molar-refractivity contribution in [2.75, 3.05) is 41.5 Å². The van der Waals surface area contributed by atoms with E-state index in [9.17, 15) is 79.2 Å². The third kappa shape index (κ3) is 11.9. The second-order valence-corrected chi connectivity index (χ2v) is 15.6. The Bertz CT molecular complexity index is 2490. The fourth-order valence-electron chi connectivity index (χ4n) is 6.95. The van der Waals surface area contributed by atoms with E-state index < -0.39 is 91.7 Å². The molecule has 1 aliphatic rings. The summed E-state index contributed by atoms with van der Waals surface area (Å²) < 4.78 is 19.6. The molecule has 0 bridgehead atoms. The molecule has 9 N–H and O–H groups in total. The van der Waals surface area contributed by atoms with Gasteiger partial charge in [-0.3, -0.25) is 19.2 Å². The van der Waals surface area contributed by atoms with Crippen molar-refractivity contribution >= 4 is 53.1 Å². The molecule has 0 radical (unpaired) electrons. The fraction of sp³-hybridized carbons (Fsp3) is 0.240. The summed E-state index contributed by atoms with van der Waals surface area (Å²) in [5.41, 5.74) is -16.9. The van der Waals surface area contributed by atoms with Gasteiger partial charge in [0, 0.05) is 46.8 Å². The molecule has 5 atom stereocenters. The molecule has 2 heterocycles. The van der Waals surface area contributed by atoms with Crippen LogP contribution in [0.25, 0.3) is 6.08 Å². The molecule has 0 saturated carbocycles. The van der Waals surface area contributed by atoms with Crippen LogP contribution in [0.2, 0.25) is 0 Å². The zero-order chi connectivity index (χ0) is 54.3. The number of ketones is 4. The Kier molecular flexibility index (Phi) is 19.0. The lowest BCUT2D eigenvalue weighted by Gasteiger charge is -2.34. The molecular weight excluding hydrogens is 963 g/mol. The Morgan fingerprint density at radius 3 is 0.945 bits per heavy atom. The molecule has 1 fully saturated rings. The summed E-state index contributed by atoms with van der Waals surface area (Å²) in [4.78, 5) is 107. The number of aromatic nitrogens is 2. The molecular formula is C50H49N3O20. The summed E-state index contributed by atoms with van der Waals surface area (Å²) in [7, 11) is 5.34. The van der Waals surface area contributed by atoms with Crippen LogP contribution in [0, 0.1) is 5.92 Å². The van der Waals surface area contributed by atoms with Crippen molar-refractivity contribution in [3.63, 3.8) is 0 Å². The first-order valence-corrected chi connectivity index (χ1v) is 21.2. The van der Waals surface area contributed by atoms with E-state index in [0.29, 0.717) is 5.92 Å². The molecule has 1 aliphatic heterocycles. The van der Waals surface area contributed by atoms with E-state index in [-0.39, 0.29) is 23.0 Å². The number of carbonyl (C=O) groups excluding carboxylic acids is 4. The Labute approximate surface area is 414 Å². The van der Waals surface area contributed by atoms with Crippen molar-refractivity contribution in [3.8, 4) is 23.0 Å². The summed E-state index contributed by atoms with van der Waals surface area (Å²) in [6.07, 6.45) is 10.8. The molecule has 0 aliphatic carbocycles. The van der Waals surface area contributed by atoms with Crippen LogP contribution in [-0.4, -0.2) is 162 Å². The summed E-state index contributed by atoms with van der Waals surface area (Å²) >= 11 is 0. The number of hydrogen-bond donors (Lipinski definition) is 9. The maximum absolute atomic E-state index is 12.8. The number of Topliss-reactive ketones (excluding diaryl/α,β-unsaturated/α-hetero) is 4. The number of rotatable bonds is 20. The molecule has 23 heteroatoms. The lowest BCUT2D eigenvalue weighted by atomic mass is 9.73. The van der Waals surface area contributed by atoms with Crippen molar-refractivity contribution in [1.82, 2.24) is 15.3 Å². The Hall–Kier alpha value is -8.74. The number of aliphatic hydroxyl groups is 4. The average molecular weight is 1010 g/mol. The van der Waals surface area contributed by atoms with E-state index in [0.717, 1.165) is 67.2 Å². The van der Waals surface area contributed by atoms with Crippen molar-refractivity contribution < 1.29 is 98.2 Å². The van der Waals surface area contributed by atoms with Gasteiger partial charge >= 0.3 is 23.9 Å². The molecule has 1 aromatic heterocycles. The van der Waals surface area contributed by atoms with Crippen LogP contribution in [0.4, 0.5) is 0 Å². The summed E-state index contributed by atoms with van der Waals surface area (Å²) in [5, 5.41) is 84.3. The van der Waals surface area contributed by atoms with E-state index in [4.69, 9.17) is 18.9 Å². The minimum absolute atomic E-state index is 0.285. The zero-order valence-corrected chi connectivity index (χ0v) is 39.2. The number of nitrogens with zero attached hydrogens (tertiary/aromatic N) is 2. The second kappa shape index (κ2) is 24.4. The molecule has 0 amide bonds. The minimum Gasteiger partial charge on any atom is -0.497 e. The number of carboxylic acid groups (broad SMARTS) is 4. The predicted molar refractivity (Wildman–Crippen MR) is 252 cm³/mol. The molecule has 1 saturated heterocycles. The summed E-state index contributed by atoms with van der Waals surface area (Å²) in [6, 6.07) is 18.4. The maximum atomic E-state index is 12.8. The van der Waals surface area contributed by atoms with Crippen LogP contribution in [0.5, 0.6) is 23.0 Å². The number of carboxylic acids is 4. The highest BCUT2D eigenvalue weighted by molar-refractivity contribution is 6.29. The highest BCUT2D eigenvalue weighted by Gasteiger charge is 2.71. The first-order chi connectivity index (χ1) is 34.5. The van der Waals surface area contributed by atoms with Gasteiger partial charge in [-0.2, -0.15) is 0 Å². The Morgan fingerprint density at radius 1 is 0.479 bits per heavy atom. The van der Waals surface area contributed by atoms with Crippen LogP contribution < -0.4 is 24.3 Å². The van der Waals surface area contributed by atoms with E-state index in [1.165, 1.54) is 83.4 Å². The van der Waals surface area contributed by atoms with Gasteiger partial charge in [-0.25, -0.2) is 29.1 Å². The highest BCUT2D eigenvalue weighted by atomic mass is 16.5. The molecule has 23 nitrogen and oxygen atoms in total. The lowest BCUT2D eigenvalue weighted by molar-refractivity contribution is -0.187. The highest BCUT2D eigenvalue weighted by Crippen LogP contribution is 2.34. The van der Waals surface area contributed by atoms with Gasteiger partial charge in [-0.1, -0.05) is 12.2 Å². The predicted octanol–water partition coefficient (Wildman–Crippen LogP) is 1.90. The van der Waals surface area contributed by atoms with Crippen molar-refractivity contribution in [2.45, 2.75) is 28.8 Å². The molecule has 5 aromatic rings. The Balaban J connectivity index is 0.000000255. The third-order valence-corrected chi connectivity index (χ3v) is 11.2. The van der Waals surface area contributed by atoms with Crippen LogP contribution >= 0.6 is 0 Å². The summed E-state index contributed by atoms with van der Waals surface area (Å²) in [5.74, 6) is -14.7. The molecule has 73 heavy (non-hydrogen) atoms.